The topological polar surface area (TPSA) is 41.6 Å². The Bertz CT molecular complexity index is 503. The second kappa shape index (κ2) is 6.54. The molecule has 4 nitrogen and oxygen atoms in total. The molecule has 2 fully saturated rings. The van der Waals surface area contributed by atoms with E-state index in [9.17, 15) is 9.18 Å². The molecule has 0 bridgehead atoms. The average molecular weight is 292 g/mol. The lowest BCUT2D eigenvalue weighted by atomic mass is 9.96. The molecule has 3 rings (SSSR count). The average Bonchev–Trinajstić information content (AvgIpc) is 2.55. The lowest BCUT2D eigenvalue weighted by Crippen LogP contribution is -2.47. The minimum atomic E-state index is -0.356. The molecule has 1 aromatic carbocycles. The second-order valence-corrected chi connectivity index (χ2v) is 5.69. The minimum absolute atomic E-state index is 0.102. The van der Waals surface area contributed by atoms with Crippen LogP contribution in [0.5, 0.6) is 0 Å². The van der Waals surface area contributed by atoms with E-state index in [2.05, 4.69) is 5.32 Å². The van der Waals surface area contributed by atoms with E-state index in [-0.39, 0.29) is 23.7 Å². The van der Waals surface area contributed by atoms with Crippen LogP contribution in [0.4, 0.5) is 4.39 Å². The summed E-state index contributed by atoms with van der Waals surface area (Å²) in [7, 11) is 0. The molecule has 2 aliphatic heterocycles. The number of amides is 1. The zero-order valence-electron chi connectivity index (χ0n) is 12.1. The number of nitrogens with zero attached hydrogens (tertiary/aromatic N) is 1. The summed E-state index contributed by atoms with van der Waals surface area (Å²) in [5, 5.41) is 3.27. The van der Waals surface area contributed by atoms with Gasteiger partial charge in [0.25, 0.3) is 0 Å². The highest BCUT2D eigenvalue weighted by Crippen LogP contribution is 2.26. The van der Waals surface area contributed by atoms with Gasteiger partial charge in [-0.3, -0.25) is 4.79 Å². The predicted octanol–water partition coefficient (Wildman–Crippen LogP) is 1.73. The Balaban J connectivity index is 1.68. The summed E-state index contributed by atoms with van der Waals surface area (Å²) in [5.74, 6) is 0.0328. The third-order valence-electron chi connectivity index (χ3n) is 4.32. The van der Waals surface area contributed by atoms with Gasteiger partial charge in [0.05, 0.1) is 13.2 Å². The van der Waals surface area contributed by atoms with E-state index in [1.54, 1.807) is 18.2 Å². The molecule has 5 heteroatoms. The van der Waals surface area contributed by atoms with Gasteiger partial charge in [-0.05, 0) is 32.0 Å². The summed E-state index contributed by atoms with van der Waals surface area (Å²) in [4.78, 5) is 14.4. The molecule has 0 aliphatic carbocycles. The first-order valence-electron chi connectivity index (χ1n) is 7.61. The minimum Gasteiger partial charge on any atom is -0.370 e. The molecular weight excluding hydrogens is 271 g/mol. The monoisotopic (exact) mass is 292 g/mol. The van der Waals surface area contributed by atoms with Crippen molar-refractivity contribution in [2.45, 2.75) is 18.9 Å². The number of halogens is 1. The summed E-state index contributed by atoms with van der Waals surface area (Å²) in [6.45, 7) is 3.32. The number of rotatable bonds is 2. The van der Waals surface area contributed by atoms with Crippen molar-refractivity contribution in [3.8, 4) is 0 Å². The van der Waals surface area contributed by atoms with E-state index in [0.717, 1.165) is 25.9 Å². The highest BCUT2D eigenvalue weighted by Gasteiger charge is 2.31. The van der Waals surface area contributed by atoms with Crippen molar-refractivity contribution < 1.29 is 13.9 Å². The van der Waals surface area contributed by atoms with Gasteiger partial charge in [-0.15, -0.1) is 0 Å². The van der Waals surface area contributed by atoms with Crippen LogP contribution < -0.4 is 5.32 Å². The molecule has 21 heavy (non-hydrogen) atoms. The Hall–Kier alpha value is -1.46. The maximum Gasteiger partial charge on any atom is 0.225 e. The fraction of sp³-hybridized carbons (Fsp3) is 0.562. The van der Waals surface area contributed by atoms with Crippen molar-refractivity contribution in [1.82, 2.24) is 10.2 Å². The van der Waals surface area contributed by atoms with Crippen LogP contribution >= 0.6 is 0 Å². The number of hydrogen-bond acceptors (Lipinski definition) is 3. The van der Waals surface area contributed by atoms with Crippen molar-refractivity contribution in [3.63, 3.8) is 0 Å². The van der Waals surface area contributed by atoms with Crippen LogP contribution in [0.2, 0.25) is 0 Å². The van der Waals surface area contributed by atoms with Crippen molar-refractivity contribution in [2.75, 3.05) is 32.8 Å². The van der Waals surface area contributed by atoms with Gasteiger partial charge < -0.3 is 15.0 Å². The molecule has 1 atom stereocenters. The summed E-state index contributed by atoms with van der Waals surface area (Å²) < 4.78 is 19.5. The molecule has 114 valence electrons. The molecule has 2 heterocycles. The van der Waals surface area contributed by atoms with E-state index in [1.807, 2.05) is 4.90 Å². The first-order chi connectivity index (χ1) is 10.3. The first-order valence-corrected chi connectivity index (χ1v) is 7.61. The number of ether oxygens (including phenoxy) is 1. The maximum absolute atomic E-state index is 13.9. The Labute approximate surface area is 124 Å². The Morgan fingerprint density at radius 1 is 1.29 bits per heavy atom. The molecule has 0 saturated carbocycles. The Kier molecular flexibility index (Phi) is 4.51. The number of carbonyl (C=O) groups is 1. The molecule has 0 unspecified atom stereocenters. The smallest absolute Gasteiger partial charge is 0.225 e. The fourth-order valence-electron chi connectivity index (χ4n) is 3.10. The van der Waals surface area contributed by atoms with Crippen molar-refractivity contribution >= 4 is 5.91 Å². The highest BCUT2D eigenvalue weighted by atomic mass is 19.1. The lowest BCUT2D eigenvalue weighted by molar-refractivity contribution is -0.144. The van der Waals surface area contributed by atoms with E-state index < -0.39 is 0 Å². The van der Waals surface area contributed by atoms with Gasteiger partial charge in [-0.1, -0.05) is 18.2 Å². The van der Waals surface area contributed by atoms with Crippen LogP contribution in [0.3, 0.4) is 0 Å². The molecule has 0 radical (unpaired) electrons. The molecule has 2 aliphatic rings. The zero-order chi connectivity index (χ0) is 14.7. The summed E-state index contributed by atoms with van der Waals surface area (Å²) in [6, 6.07) is 6.64. The summed E-state index contributed by atoms with van der Waals surface area (Å²) in [6.07, 6.45) is 1.42. The predicted molar refractivity (Wildman–Crippen MR) is 77.3 cm³/mol. The van der Waals surface area contributed by atoms with Crippen LogP contribution in [-0.2, 0) is 9.53 Å². The van der Waals surface area contributed by atoms with Crippen LogP contribution in [0, 0.1) is 11.7 Å². The molecule has 1 aromatic rings. The van der Waals surface area contributed by atoms with Crippen LogP contribution in [0.1, 0.15) is 24.5 Å². The van der Waals surface area contributed by atoms with Crippen LogP contribution in [0.15, 0.2) is 24.3 Å². The van der Waals surface area contributed by atoms with Gasteiger partial charge in [0, 0.05) is 18.0 Å². The van der Waals surface area contributed by atoms with Crippen molar-refractivity contribution in [2.24, 2.45) is 5.92 Å². The molecule has 1 N–H and O–H groups in total. The number of hydrogen-bond donors (Lipinski definition) is 1. The van der Waals surface area contributed by atoms with Gasteiger partial charge in [0.15, 0.2) is 0 Å². The van der Waals surface area contributed by atoms with Gasteiger partial charge in [-0.2, -0.15) is 0 Å². The Morgan fingerprint density at radius 3 is 2.81 bits per heavy atom. The van der Waals surface area contributed by atoms with Gasteiger partial charge in [-0.25, -0.2) is 4.39 Å². The van der Waals surface area contributed by atoms with Crippen LogP contribution in [0.25, 0.3) is 0 Å². The third-order valence-corrected chi connectivity index (χ3v) is 4.32. The van der Waals surface area contributed by atoms with Gasteiger partial charge in [0.2, 0.25) is 5.91 Å². The SMILES string of the molecule is O=C(C1CCNCC1)N1CCO[C@@H](c2ccccc2F)C1. The van der Waals surface area contributed by atoms with E-state index in [1.165, 1.54) is 6.07 Å². The quantitative estimate of drug-likeness (QED) is 0.902. The largest absolute Gasteiger partial charge is 0.370 e. The number of piperidine rings is 1. The highest BCUT2D eigenvalue weighted by molar-refractivity contribution is 5.79. The van der Waals surface area contributed by atoms with E-state index >= 15 is 0 Å². The number of nitrogens with one attached hydrogen (secondary N) is 1. The number of benzene rings is 1. The summed E-state index contributed by atoms with van der Waals surface area (Å²) >= 11 is 0. The van der Waals surface area contributed by atoms with Crippen molar-refractivity contribution in [3.05, 3.63) is 35.6 Å². The Morgan fingerprint density at radius 2 is 2.05 bits per heavy atom. The number of morpholine rings is 1. The first kappa shape index (κ1) is 14.5. The molecule has 2 saturated heterocycles. The molecule has 0 spiro atoms. The third kappa shape index (κ3) is 3.24. The second-order valence-electron chi connectivity index (χ2n) is 5.69. The standard InChI is InChI=1S/C16H21FN2O2/c17-14-4-2-1-3-13(14)15-11-19(9-10-21-15)16(20)12-5-7-18-8-6-12/h1-4,12,15,18H,5-11H2/t15-/m1/s1. The number of carbonyl (C=O) groups excluding carboxylic acids is 1. The van der Waals surface area contributed by atoms with E-state index in [0.29, 0.717) is 25.3 Å². The summed E-state index contributed by atoms with van der Waals surface area (Å²) in [5.41, 5.74) is 0.542. The fourth-order valence-corrected chi connectivity index (χ4v) is 3.10. The molecule has 0 aromatic heterocycles. The van der Waals surface area contributed by atoms with Gasteiger partial charge in [0.1, 0.15) is 11.9 Å². The zero-order valence-corrected chi connectivity index (χ0v) is 12.1. The normalized spacial score (nSPS) is 24.0. The van der Waals surface area contributed by atoms with E-state index in [4.69, 9.17) is 4.74 Å². The lowest BCUT2D eigenvalue weighted by Gasteiger charge is -2.36. The van der Waals surface area contributed by atoms with Gasteiger partial charge >= 0.3 is 0 Å². The molecule has 1 amide bonds. The molecular formula is C16H21FN2O2. The maximum atomic E-state index is 13.9. The van der Waals surface area contributed by atoms with Crippen molar-refractivity contribution in [1.29, 1.82) is 0 Å². The van der Waals surface area contributed by atoms with Crippen LogP contribution in [-0.4, -0.2) is 43.6 Å².